The van der Waals surface area contributed by atoms with Crippen LogP contribution in [-0.2, 0) is 0 Å². The molecule has 0 bridgehead atoms. The standard InChI is InChI=1S/C10H12F3N3O/c11-6-1-3-7(4-2-6)16(15)8(5-17)9(14)10(12)13/h1-4,10,17H,5,14-15H2/b9-8-. The number of anilines is 1. The van der Waals surface area contributed by atoms with Gasteiger partial charge in [0.05, 0.1) is 23.7 Å². The highest BCUT2D eigenvalue weighted by atomic mass is 19.3. The van der Waals surface area contributed by atoms with Gasteiger partial charge < -0.3 is 10.8 Å². The van der Waals surface area contributed by atoms with E-state index in [1.807, 2.05) is 0 Å². The average Bonchev–Trinajstić information content (AvgIpc) is 2.30. The van der Waals surface area contributed by atoms with E-state index in [4.69, 9.17) is 16.7 Å². The van der Waals surface area contributed by atoms with Gasteiger partial charge in [-0.2, -0.15) is 0 Å². The van der Waals surface area contributed by atoms with Gasteiger partial charge >= 0.3 is 0 Å². The van der Waals surface area contributed by atoms with Gasteiger partial charge in [-0.15, -0.1) is 0 Å². The van der Waals surface area contributed by atoms with Gasteiger partial charge in [-0.05, 0) is 24.3 Å². The van der Waals surface area contributed by atoms with Crippen LogP contribution in [0.5, 0.6) is 0 Å². The summed E-state index contributed by atoms with van der Waals surface area (Å²) in [5.74, 6) is 5.03. The molecular formula is C10H12F3N3O. The number of rotatable bonds is 4. The number of halogens is 3. The molecule has 0 saturated heterocycles. The van der Waals surface area contributed by atoms with Crippen LogP contribution in [0.15, 0.2) is 35.7 Å². The van der Waals surface area contributed by atoms with Gasteiger partial charge in [-0.1, -0.05) is 0 Å². The summed E-state index contributed by atoms with van der Waals surface area (Å²) in [5.41, 5.74) is 4.20. The molecule has 0 aliphatic rings. The van der Waals surface area contributed by atoms with Crippen LogP contribution in [0.2, 0.25) is 0 Å². The molecule has 0 amide bonds. The Morgan fingerprint density at radius 1 is 1.29 bits per heavy atom. The van der Waals surface area contributed by atoms with Crippen molar-refractivity contribution in [1.29, 1.82) is 0 Å². The third-order valence-corrected chi connectivity index (χ3v) is 2.11. The third-order valence-electron chi connectivity index (χ3n) is 2.11. The number of hydrazine groups is 1. The van der Waals surface area contributed by atoms with Crippen LogP contribution in [0.25, 0.3) is 0 Å². The monoisotopic (exact) mass is 247 g/mol. The quantitative estimate of drug-likeness (QED) is 0.546. The molecule has 94 valence electrons. The predicted molar refractivity (Wildman–Crippen MR) is 57.4 cm³/mol. The topological polar surface area (TPSA) is 75.5 Å². The fourth-order valence-corrected chi connectivity index (χ4v) is 1.19. The summed E-state index contributed by atoms with van der Waals surface area (Å²) in [5, 5.41) is 9.76. The number of allylic oxidation sites excluding steroid dienone is 1. The average molecular weight is 247 g/mol. The van der Waals surface area contributed by atoms with Crippen LogP contribution < -0.4 is 16.6 Å². The molecule has 0 heterocycles. The number of alkyl halides is 2. The Hall–Kier alpha value is -1.73. The van der Waals surface area contributed by atoms with Gasteiger partial charge in [0.1, 0.15) is 5.82 Å². The minimum Gasteiger partial charge on any atom is -0.396 e. The Bertz CT molecular complexity index is 406. The van der Waals surface area contributed by atoms with E-state index < -0.39 is 24.5 Å². The van der Waals surface area contributed by atoms with Crippen LogP contribution in [0.4, 0.5) is 18.9 Å². The highest BCUT2D eigenvalue weighted by Crippen LogP contribution is 2.18. The number of hydrogen-bond donors (Lipinski definition) is 3. The van der Waals surface area contributed by atoms with Gasteiger partial charge in [0, 0.05) is 0 Å². The number of nitrogens with two attached hydrogens (primary N) is 2. The first-order chi connectivity index (χ1) is 7.97. The highest BCUT2D eigenvalue weighted by Gasteiger charge is 2.17. The Morgan fingerprint density at radius 3 is 2.24 bits per heavy atom. The van der Waals surface area contributed by atoms with E-state index >= 15 is 0 Å². The summed E-state index contributed by atoms with van der Waals surface area (Å²) < 4.78 is 37.4. The number of benzene rings is 1. The van der Waals surface area contributed by atoms with Gasteiger partial charge in [-0.3, -0.25) is 5.01 Å². The van der Waals surface area contributed by atoms with E-state index in [0.717, 1.165) is 17.1 Å². The minimum absolute atomic E-state index is 0.235. The van der Waals surface area contributed by atoms with Crippen LogP contribution in [0.3, 0.4) is 0 Å². The zero-order valence-corrected chi connectivity index (χ0v) is 8.78. The van der Waals surface area contributed by atoms with Crippen LogP contribution >= 0.6 is 0 Å². The maximum Gasteiger partial charge on any atom is 0.279 e. The first-order valence-corrected chi connectivity index (χ1v) is 4.65. The minimum atomic E-state index is -2.93. The highest BCUT2D eigenvalue weighted by molar-refractivity contribution is 5.51. The van der Waals surface area contributed by atoms with Gasteiger partial charge in [0.2, 0.25) is 0 Å². The van der Waals surface area contributed by atoms with E-state index in [9.17, 15) is 13.2 Å². The Labute approximate surface area is 95.9 Å². The molecule has 0 radical (unpaired) electrons. The Balaban J connectivity index is 3.06. The summed E-state index contributed by atoms with van der Waals surface area (Å²) in [7, 11) is 0. The molecule has 1 aromatic rings. The van der Waals surface area contributed by atoms with Gasteiger partial charge in [0.25, 0.3) is 6.43 Å². The summed E-state index contributed by atoms with van der Waals surface area (Å²) in [4.78, 5) is 0. The molecule has 7 heteroatoms. The molecular weight excluding hydrogens is 235 g/mol. The molecule has 0 saturated carbocycles. The van der Waals surface area contributed by atoms with E-state index in [2.05, 4.69) is 0 Å². The number of aliphatic hydroxyl groups excluding tert-OH is 1. The molecule has 0 spiro atoms. The molecule has 0 aliphatic carbocycles. The lowest BCUT2D eigenvalue weighted by Gasteiger charge is -2.22. The lowest BCUT2D eigenvalue weighted by Crippen LogP contribution is -2.35. The van der Waals surface area contributed by atoms with Crippen LogP contribution in [0, 0.1) is 5.82 Å². The van der Waals surface area contributed by atoms with Crippen molar-refractivity contribution in [2.75, 3.05) is 11.6 Å². The van der Waals surface area contributed by atoms with Crippen molar-refractivity contribution >= 4 is 5.69 Å². The van der Waals surface area contributed by atoms with Gasteiger partial charge in [0.15, 0.2) is 0 Å². The van der Waals surface area contributed by atoms with E-state index in [-0.39, 0.29) is 11.4 Å². The fourth-order valence-electron chi connectivity index (χ4n) is 1.19. The molecule has 4 nitrogen and oxygen atoms in total. The third kappa shape index (κ3) is 3.11. The largest absolute Gasteiger partial charge is 0.396 e. The normalized spacial score (nSPS) is 12.6. The molecule has 1 rings (SSSR count). The SMILES string of the molecule is N/C(=C(/CO)N(N)c1ccc(F)cc1)C(F)F. The molecule has 0 atom stereocenters. The summed E-state index contributed by atoms with van der Waals surface area (Å²) in [6.45, 7) is -0.746. The second kappa shape index (κ2) is 5.55. The predicted octanol–water partition coefficient (Wildman–Crippen LogP) is 0.933. The van der Waals surface area contributed by atoms with Crippen LogP contribution in [0.1, 0.15) is 0 Å². The summed E-state index contributed by atoms with van der Waals surface area (Å²) in [6, 6.07) is 4.79. The molecule has 0 aliphatic heterocycles. The maximum atomic E-state index is 12.7. The van der Waals surface area contributed by atoms with Crippen molar-refractivity contribution in [3.8, 4) is 0 Å². The summed E-state index contributed by atoms with van der Waals surface area (Å²) >= 11 is 0. The van der Waals surface area contributed by atoms with Crippen molar-refractivity contribution in [1.82, 2.24) is 0 Å². The van der Waals surface area contributed by atoms with Crippen molar-refractivity contribution in [2.24, 2.45) is 11.6 Å². The van der Waals surface area contributed by atoms with Crippen molar-refractivity contribution in [2.45, 2.75) is 6.43 Å². The number of aliphatic hydroxyl groups is 1. The molecule has 17 heavy (non-hydrogen) atoms. The van der Waals surface area contributed by atoms with Crippen molar-refractivity contribution < 1.29 is 18.3 Å². The molecule has 1 aromatic carbocycles. The first-order valence-electron chi connectivity index (χ1n) is 4.65. The van der Waals surface area contributed by atoms with Gasteiger partial charge in [-0.25, -0.2) is 19.0 Å². The number of hydrogen-bond acceptors (Lipinski definition) is 4. The fraction of sp³-hybridized carbons (Fsp3) is 0.200. The first kappa shape index (κ1) is 13.3. The Morgan fingerprint density at radius 2 is 1.82 bits per heavy atom. The summed E-state index contributed by atoms with van der Waals surface area (Å²) in [6.07, 6.45) is -2.93. The van der Waals surface area contributed by atoms with E-state index in [1.54, 1.807) is 0 Å². The Kier molecular flexibility index (Phi) is 4.36. The molecule has 5 N–H and O–H groups in total. The van der Waals surface area contributed by atoms with Crippen LogP contribution in [-0.4, -0.2) is 18.1 Å². The molecule has 0 unspecified atom stereocenters. The second-order valence-corrected chi connectivity index (χ2v) is 3.21. The smallest absolute Gasteiger partial charge is 0.279 e. The van der Waals surface area contributed by atoms with Crippen molar-refractivity contribution in [3.05, 3.63) is 41.5 Å². The molecule has 0 aromatic heterocycles. The lowest BCUT2D eigenvalue weighted by atomic mass is 10.2. The van der Waals surface area contributed by atoms with Crippen molar-refractivity contribution in [3.63, 3.8) is 0 Å². The lowest BCUT2D eigenvalue weighted by molar-refractivity contribution is 0.183. The molecule has 0 fully saturated rings. The van der Waals surface area contributed by atoms with E-state index in [1.165, 1.54) is 12.1 Å². The zero-order chi connectivity index (χ0) is 13.0. The zero-order valence-electron chi connectivity index (χ0n) is 8.78. The second-order valence-electron chi connectivity index (χ2n) is 3.21. The van der Waals surface area contributed by atoms with E-state index in [0.29, 0.717) is 0 Å². The maximum absolute atomic E-state index is 12.7. The number of nitrogens with zero attached hydrogens (tertiary/aromatic N) is 1.